The third kappa shape index (κ3) is 6.66. The molecule has 0 amide bonds. The van der Waals surface area contributed by atoms with Gasteiger partial charge in [-0.15, -0.1) is 0 Å². The van der Waals surface area contributed by atoms with Crippen LogP contribution >= 0.6 is 0 Å². The van der Waals surface area contributed by atoms with Gasteiger partial charge < -0.3 is 14.2 Å². The fraction of sp³-hybridized carbons (Fsp3) is 0.241. The largest absolute Gasteiger partial charge is 0.494 e. The van der Waals surface area contributed by atoms with Gasteiger partial charge in [0.25, 0.3) is 5.69 Å². The van der Waals surface area contributed by atoms with E-state index in [4.69, 9.17) is 14.2 Å². The number of hydrogen-bond donors (Lipinski definition) is 1. The van der Waals surface area contributed by atoms with Crippen LogP contribution in [0.4, 0.5) is 11.4 Å². The Morgan fingerprint density at radius 1 is 1.07 bits per heavy atom. The maximum Gasteiger partial charge on any atom is 0.295 e. The summed E-state index contributed by atoms with van der Waals surface area (Å²) in [4.78, 5) is 11.1. The number of morpholine rings is 1. The number of nitrogens with one attached hydrogen (secondary N) is 1. The molecule has 4 aromatic rings. The normalized spacial score (nSPS) is 14.1. The minimum atomic E-state index is -3.92. The van der Waals surface area contributed by atoms with Crippen LogP contribution in [0.25, 0.3) is 5.69 Å². The van der Waals surface area contributed by atoms with Crippen molar-refractivity contribution in [3.8, 4) is 23.1 Å². The summed E-state index contributed by atoms with van der Waals surface area (Å²) < 4.78 is 46.0. The minimum absolute atomic E-state index is 0.0178. The Morgan fingerprint density at radius 3 is 2.44 bits per heavy atom. The van der Waals surface area contributed by atoms with E-state index in [2.05, 4.69) is 15.6 Å². The van der Waals surface area contributed by atoms with Crippen LogP contribution in [0.1, 0.15) is 18.2 Å². The SMILES string of the molecule is CCOc1ccc(Oc2c(C=NNc3ccc(S(=O)(=O)N4CCOCC4)cc3[N+](=O)[O-])c(C)nn2-c2ccccc2)cc1. The van der Waals surface area contributed by atoms with Crippen LogP contribution in [-0.4, -0.2) is 66.6 Å². The second kappa shape index (κ2) is 13.0. The molecule has 1 fully saturated rings. The van der Waals surface area contributed by atoms with Crippen molar-refractivity contribution in [3.63, 3.8) is 0 Å². The first-order chi connectivity index (χ1) is 20.8. The van der Waals surface area contributed by atoms with Gasteiger partial charge in [-0.1, -0.05) is 18.2 Å². The van der Waals surface area contributed by atoms with Gasteiger partial charge in [0.05, 0.1) is 52.8 Å². The second-order valence-electron chi connectivity index (χ2n) is 9.38. The predicted molar refractivity (Wildman–Crippen MR) is 160 cm³/mol. The third-order valence-electron chi connectivity index (χ3n) is 6.56. The minimum Gasteiger partial charge on any atom is -0.494 e. The number of aryl methyl sites for hydroxylation is 1. The first kappa shape index (κ1) is 29.7. The fourth-order valence-corrected chi connectivity index (χ4v) is 5.84. The number of hydrazone groups is 1. The highest BCUT2D eigenvalue weighted by molar-refractivity contribution is 7.89. The summed E-state index contributed by atoms with van der Waals surface area (Å²) in [6, 6.07) is 20.2. The topological polar surface area (TPSA) is 150 Å². The Morgan fingerprint density at radius 2 is 1.77 bits per heavy atom. The molecule has 0 bridgehead atoms. The molecule has 0 atom stereocenters. The monoisotopic (exact) mass is 606 g/mol. The fourth-order valence-electron chi connectivity index (χ4n) is 4.41. The molecule has 0 radical (unpaired) electrons. The Hall–Kier alpha value is -4.79. The zero-order valence-corrected chi connectivity index (χ0v) is 24.4. The Kier molecular flexibility index (Phi) is 8.99. The van der Waals surface area contributed by atoms with E-state index in [1.54, 1.807) is 35.9 Å². The molecule has 5 rings (SSSR count). The van der Waals surface area contributed by atoms with Gasteiger partial charge in [0.1, 0.15) is 17.2 Å². The van der Waals surface area contributed by atoms with Gasteiger partial charge in [0.2, 0.25) is 15.9 Å². The van der Waals surface area contributed by atoms with E-state index in [1.807, 2.05) is 37.3 Å². The number of ether oxygens (including phenoxy) is 3. The number of sulfonamides is 1. The Bertz CT molecular complexity index is 1720. The van der Waals surface area contributed by atoms with Crippen molar-refractivity contribution in [2.45, 2.75) is 18.7 Å². The number of nitro groups is 1. The summed E-state index contributed by atoms with van der Waals surface area (Å²) in [5.41, 5.74) is 4.14. The molecule has 1 N–H and O–H groups in total. The lowest BCUT2D eigenvalue weighted by Crippen LogP contribution is -2.40. The molecule has 43 heavy (non-hydrogen) atoms. The summed E-state index contributed by atoms with van der Waals surface area (Å²) in [7, 11) is -3.92. The van der Waals surface area contributed by atoms with E-state index in [9.17, 15) is 18.5 Å². The molecule has 1 aliphatic rings. The zero-order chi connectivity index (χ0) is 30.4. The molecule has 14 heteroatoms. The third-order valence-corrected chi connectivity index (χ3v) is 8.46. The number of aromatic nitrogens is 2. The van der Waals surface area contributed by atoms with Crippen LogP contribution in [-0.2, 0) is 14.8 Å². The van der Waals surface area contributed by atoms with Crippen molar-refractivity contribution in [1.29, 1.82) is 0 Å². The molecule has 0 spiro atoms. The number of anilines is 1. The first-order valence-electron chi connectivity index (χ1n) is 13.5. The molecule has 0 unspecified atom stereocenters. The standard InChI is InChI=1S/C29H30N6O7S/c1-3-41-23-9-11-24(12-10-23)42-29-26(21(2)32-34(29)22-7-5-4-6-8-22)20-30-31-27-14-13-25(19-28(27)35(36)37)43(38,39)33-15-17-40-18-16-33/h4-14,19-20,31H,3,15-18H2,1-2H3. The highest BCUT2D eigenvalue weighted by atomic mass is 32.2. The summed E-state index contributed by atoms with van der Waals surface area (Å²) in [6.07, 6.45) is 1.45. The quantitative estimate of drug-likeness (QED) is 0.145. The van der Waals surface area contributed by atoms with Crippen LogP contribution in [0.2, 0.25) is 0 Å². The number of rotatable bonds is 11. The van der Waals surface area contributed by atoms with E-state index in [1.165, 1.54) is 22.7 Å². The lowest BCUT2D eigenvalue weighted by molar-refractivity contribution is -0.384. The molecule has 1 saturated heterocycles. The number of hydrogen-bond acceptors (Lipinski definition) is 10. The van der Waals surface area contributed by atoms with Crippen LogP contribution in [0.5, 0.6) is 17.4 Å². The highest BCUT2D eigenvalue weighted by Gasteiger charge is 2.29. The molecule has 1 aromatic heterocycles. The van der Waals surface area contributed by atoms with Crippen molar-refractivity contribution < 1.29 is 27.6 Å². The number of nitro benzene ring substituents is 1. The van der Waals surface area contributed by atoms with Crippen molar-refractivity contribution >= 4 is 27.6 Å². The van der Waals surface area contributed by atoms with Gasteiger partial charge in [0.15, 0.2) is 0 Å². The van der Waals surface area contributed by atoms with Crippen LogP contribution < -0.4 is 14.9 Å². The number of nitrogens with zero attached hydrogens (tertiary/aromatic N) is 5. The van der Waals surface area contributed by atoms with Gasteiger partial charge in [-0.3, -0.25) is 15.5 Å². The van der Waals surface area contributed by atoms with E-state index < -0.39 is 20.6 Å². The first-order valence-corrected chi connectivity index (χ1v) is 14.9. The molecule has 1 aliphatic heterocycles. The van der Waals surface area contributed by atoms with Crippen molar-refractivity contribution in [3.05, 3.63) is 94.2 Å². The van der Waals surface area contributed by atoms with Gasteiger partial charge in [-0.05, 0) is 62.4 Å². The van der Waals surface area contributed by atoms with Crippen LogP contribution in [0, 0.1) is 17.0 Å². The summed E-state index contributed by atoms with van der Waals surface area (Å²) in [6.45, 7) is 5.12. The number of benzene rings is 3. The van der Waals surface area contributed by atoms with Gasteiger partial charge in [-0.25, -0.2) is 8.42 Å². The van der Waals surface area contributed by atoms with Gasteiger partial charge in [0, 0.05) is 19.2 Å². The van der Waals surface area contributed by atoms with Crippen LogP contribution in [0.3, 0.4) is 0 Å². The average Bonchev–Trinajstić information content (AvgIpc) is 3.33. The van der Waals surface area contributed by atoms with Gasteiger partial charge in [-0.2, -0.15) is 19.2 Å². The predicted octanol–water partition coefficient (Wildman–Crippen LogP) is 4.75. The molecule has 13 nitrogen and oxygen atoms in total. The van der Waals surface area contributed by atoms with Crippen molar-refractivity contribution in [2.75, 3.05) is 38.3 Å². The average molecular weight is 607 g/mol. The summed E-state index contributed by atoms with van der Waals surface area (Å²) in [5.74, 6) is 1.62. The van der Waals surface area contributed by atoms with Gasteiger partial charge >= 0.3 is 0 Å². The molecule has 0 aliphatic carbocycles. The second-order valence-corrected chi connectivity index (χ2v) is 11.3. The Labute approximate surface area is 248 Å². The zero-order valence-electron chi connectivity index (χ0n) is 23.5. The maximum atomic E-state index is 13.0. The highest BCUT2D eigenvalue weighted by Crippen LogP contribution is 2.32. The molecule has 3 aromatic carbocycles. The lowest BCUT2D eigenvalue weighted by Gasteiger charge is -2.26. The molecule has 224 valence electrons. The summed E-state index contributed by atoms with van der Waals surface area (Å²) in [5, 5.41) is 20.8. The molecule has 0 saturated carbocycles. The van der Waals surface area contributed by atoms with E-state index in [0.29, 0.717) is 35.2 Å². The molecule has 2 heterocycles. The Balaban J connectivity index is 1.44. The van der Waals surface area contributed by atoms with Crippen LogP contribution in [0.15, 0.2) is 82.8 Å². The van der Waals surface area contributed by atoms with E-state index in [0.717, 1.165) is 11.8 Å². The maximum absolute atomic E-state index is 13.0. The smallest absolute Gasteiger partial charge is 0.295 e. The molecular formula is C29H30N6O7S. The molecular weight excluding hydrogens is 576 g/mol. The van der Waals surface area contributed by atoms with Crippen molar-refractivity contribution in [2.24, 2.45) is 5.10 Å². The lowest BCUT2D eigenvalue weighted by atomic mass is 10.2. The van der Waals surface area contributed by atoms with Crippen molar-refractivity contribution in [1.82, 2.24) is 14.1 Å². The van der Waals surface area contributed by atoms with E-state index in [-0.39, 0.29) is 36.9 Å². The number of para-hydroxylation sites is 1. The van der Waals surface area contributed by atoms with E-state index >= 15 is 0 Å². The summed E-state index contributed by atoms with van der Waals surface area (Å²) >= 11 is 0.